The summed E-state index contributed by atoms with van der Waals surface area (Å²) in [5.41, 5.74) is 0. The van der Waals surface area contributed by atoms with Gasteiger partial charge in [-0.15, -0.1) is 0 Å². The second-order valence-electron chi connectivity index (χ2n) is 3.98. The summed E-state index contributed by atoms with van der Waals surface area (Å²) in [6, 6.07) is 0. The summed E-state index contributed by atoms with van der Waals surface area (Å²) in [6.07, 6.45) is 3.54. The lowest BCUT2D eigenvalue weighted by Crippen LogP contribution is -2.24. The van der Waals surface area contributed by atoms with Gasteiger partial charge in [0, 0.05) is 5.92 Å². The van der Waals surface area contributed by atoms with Gasteiger partial charge < -0.3 is 4.74 Å². The molecule has 3 heteroatoms. The summed E-state index contributed by atoms with van der Waals surface area (Å²) in [5.74, 6) is 1.82. The van der Waals surface area contributed by atoms with E-state index in [2.05, 4.69) is 6.92 Å². The van der Waals surface area contributed by atoms with Crippen molar-refractivity contribution in [3.05, 3.63) is 0 Å². The minimum absolute atomic E-state index is 0.200. The molecular formula is C10H16O2S. The Hall–Kier alpha value is -0.0200. The van der Waals surface area contributed by atoms with Gasteiger partial charge in [-0.25, -0.2) is 0 Å². The van der Waals surface area contributed by atoms with Crippen molar-refractivity contribution < 1.29 is 9.53 Å². The molecule has 0 aromatic carbocycles. The molecule has 2 rings (SSSR count). The third-order valence-corrected chi connectivity index (χ3v) is 4.24. The average Bonchev–Trinajstić information content (AvgIpc) is 2.72. The van der Waals surface area contributed by atoms with Gasteiger partial charge in [0.15, 0.2) is 5.78 Å². The molecule has 0 aromatic rings. The Morgan fingerprint density at radius 3 is 2.92 bits per heavy atom. The number of hydrogen-bond acceptors (Lipinski definition) is 3. The molecule has 2 heterocycles. The van der Waals surface area contributed by atoms with Gasteiger partial charge >= 0.3 is 0 Å². The van der Waals surface area contributed by atoms with E-state index in [1.807, 2.05) is 11.8 Å². The van der Waals surface area contributed by atoms with Crippen LogP contribution in [0.1, 0.15) is 26.2 Å². The maximum Gasteiger partial charge on any atom is 0.151 e. The van der Waals surface area contributed by atoms with Crippen molar-refractivity contribution in [2.75, 3.05) is 12.4 Å². The Balaban J connectivity index is 1.89. The predicted molar refractivity (Wildman–Crippen MR) is 54.0 cm³/mol. The Labute approximate surface area is 83.4 Å². The topological polar surface area (TPSA) is 26.3 Å². The summed E-state index contributed by atoms with van der Waals surface area (Å²) < 4.78 is 5.42. The Morgan fingerprint density at radius 2 is 2.38 bits per heavy atom. The van der Waals surface area contributed by atoms with E-state index >= 15 is 0 Å². The molecule has 0 radical (unpaired) electrons. The summed E-state index contributed by atoms with van der Waals surface area (Å²) in [5, 5.41) is 0.291. The molecule has 2 aliphatic heterocycles. The van der Waals surface area contributed by atoms with Crippen LogP contribution in [0.25, 0.3) is 0 Å². The smallest absolute Gasteiger partial charge is 0.151 e. The standard InChI is InChI=1S/C10H16O2S/c1-7-5-8(6-12-7)10(11)9-3-2-4-13-9/h7-9H,2-6H2,1H3. The van der Waals surface area contributed by atoms with Crippen LogP contribution < -0.4 is 0 Å². The molecule has 0 saturated carbocycles. The van der Waals surface area contributed by atoms with Crippen molar-refractivity contribution >= 4 is 17.5 Å². The van der Waals surface area contributed by atoms with Crippen LogP contribution >= 0.6 is 11.8 Å². The molecule has 3 unspecified atom stereocenters. The van der Waals surface area contributed by atoms with Crippen molar-refractivity contribution in [3.8, 4) is 0 Å². The Kier molecular flexibility index (Phi) is 2.94. The molecule has 2 aliphatic rings. The fraction of sp³-hybridized carbons (Fsp3) is 0.900. The SMILES string of the molecule is CC1CC(C(=O)C2CCCS2)CO1. The van der Waals surface area contributed by atoms with Gasteiger partial charge in [-0.05, 0) is 31.9 Å². The molecule has 2 nitrogen and oxygen atoms in total. The van der Waals surface area contributed by atoms with Crippen molar-refractivity contribution in [2.45, 2.75) is 37.5 Å². The van der Waals surface area contributed by atoms with Crippen LogP contribution in [0.4, 0.5) is 0 Å². The lowest BCUT2D eigenvalue weighted by Gasteiger charge is -2.11. The van der Waals surface area contributed by atoms with Crippen LogP contribution in [-0.2, 0) is 9.53 Å². The molecule has 0 aliphatic carbocycles. The van der Waals surface area contributed by atoms with Gasteiger partial charge in [-0.2, -0.15) is 11.8 Å². The second kappa shape index (κ2) is 4.01. The first-order chi connectivity index (χ1) is 6.27. The van der Waals surface area contributed by atoms with Gasteiger partial charge in [-0.1, -0.05) is 0 Å². The highest BCUT2D eigenvalue weighted by molar-refractivity contribution is 8.00. The van der Waals surface area contributed by atoms with E-state index in [0.29, 0.717) is 23.7 Å². The highest BCUT2D eigenvalue weighted by atomic mass is 32.2. The molecule has 3 atom stereocenters. The summed E-state index contributed by atoms with van der Waals surface area (Å²) >= 11 is 1.83. The van der Waals surface area contributed by atoms with Crippen molar-refractivity contribution in [2.24, 2.45) is 5.92 Å². The quantitative estimate of drug-likeness (QED) is 0.680. The number of rotatable bonds is 2. The largest absolute Gasteiger partial charge is 0.378 e. The zero-order valence-corrected chi connectivity index (χ0v) is 8.81. The highest BCUT2D eigenvalue weighted by Gasteiger charge is 2.34. The normalized spacial score (nSPS) is 39.6. The summed E-state index contributed by atoms with van der Waals surface area (Å²) in [7, 11) is 0. The van der Waals surface area contributed by atoms with E-state index in [1.165, 1.54) is 12.2 Å². The molecule has 0 amide bonds. The van der Waals surface area contributed by atoms with Crippen LogP contribution in [0.3, 0.4) is 0 Å². The van der Waals surface area contributed by atoms with Crippen LogP contribution in [0, 0.1) is 5.92 Å². The fourth-order valence-corrected chi connectivity index (χ4v) is 3.39. The molecule has 0 aromatic heterocycles. The average molecular weight is 200 g/mol. The summed E-state index contributed by atoms with van der Waals surface area (Å²) in [6.45, 7) is 2.71. The second-order valence-corrected chi connectivity index (χ2v) is 5.29. The maximum absolute atomic E-state index is 11.9. The molecule has 0 spiro atoms. The predicted octanol–water partition coefficient (Wildman–Crippen LogP) is 1.88. The van der Waals surface area contributed by atoms with E-state index in [4.69, 9.17) is 4.74 Å². The zero-order chi connectivity index (χ0) is 9.26. The number of carbonyl (C=O) groups excluding carboxylic acids is 1. The van der Waals surface area contributed by atoms with E-state index in [0.717, 1.165) is 12.8 Å². The van der Waals surface area contributed by atoms with Gasteiger partial charge in [-0.3, -0.25) is 4.79 Å². The Morgan fingerprint density at radius 1 is 1.54 bits per heavy atom. The van der Waals surface area contributed by atoms with Gasteiger partial charge in [0.1, 0.15) is 0 Å². The first-order valence-electron chi connectivity index (χ1n) is 5.04. The van der Waals surface area contributed by atoms with E-state index in [-0.39, 0.29) is 5.92 Å². The van der Waals surface area contributed by atoms with Crippen LogP contribution in [0.5, 0.6) is 0 Å². The lowest BCUT2D eigenvalue weighted by atomic mass is 9.97. The molecule has 13 heavy (non-hydrogen) atoms. The maximum atomic E-state index is 11.9. The molecule has 2 fully saturated rings. The van der Waals surface area contributed by atoms with Crippen LogP contribution in [-0.4, -0.2) is 29.5 Å². The summed E-state index contributed by atoms with van der Waals surface area (Å²) in [4.78, 5) is 11.9. The highest BCUT2D eigenvalue weighted by Crippen LogP contribution is 2.32. The number of ketones is 1. The van der Waals surface area contributed by atoms with Gasteiger partial charge in [0.05, 0.1) is 18.0 Å². The van der Waals surface area contributed by atoms with Crippen LogP contribution in [0.2, 0.25) is 0 Å². The third kappa shape index (κ3) is 2.08. The molecule has 0 bridgehead atoms. The molecule has 0 N–H and O–H groups in total. The van der Waals surface area contributed by atoms with E-state index in [1.54, 1.807) is 0 Å². The van der Waals surface area contributed by atoms with E-state index < -0.39 is 0 Å². The van der Waals surface area contributed by atoms with Crippen molar-refractivity contribution in [3.63, 3.8) is 0 Å². The fourth-order valence-electron chi connectivity index (χ4n) is 2.08. The minimum atomic E-state index is 0.200. The molecular weight excluding hydrogens is 184 g/mol. The Bertz CT molecular complexity index is 199. The van der Waals surface area contributed by atoms with Gasteiger partial charge in [0.25, 0.3) is 0 Å². The zero-order valence-electron chi connectivity index (χ0n) is 7.99. The van der Waals surface area contributed by atoms with E-state index in [9.17, 15) is 4.79 Å². The van der Waals surface area contributed by atoms with Crippen LogP contribution in [0.15, 0.2) is 0 Å². The minimum Gasteiger partial charge on any atom is -0.378 e. The third-order valence-electron chi connectivity index (χ3n) is 2.85. The molecule has 2 saturated heterocycles. The number of thioether (sulfide) groups is 1. The lowest BCUT2D eigenvalue weighted by molar-refractivity contribution is -0.122. The number of carbonyl (C=O) groups is 1. The number of ether oxygens (including phenoxy) is 1. The number of hydrogen-bond donors (Lipinski definition) is 0. The first-order valence-corrected chi connectivity index (χ1v) is 6.09. The van der Waals surface area contributed by atoms with Gasteiger partial charge in [0.2, 0.25) is 0 Å². The van der Waals surface area contributed by atoms with Crippen molar-refractivity contribution in [1.29, 1.82) is 0 Å². The van der Waals surface area contributed by atoms with Crippen molar-refractivity contribution in [1.82, 2.24) is 0 Å². The monoisotopic (exact) mass is 200 g/mol. The first kappa shape index (κ1) is 9.53. The number of Topliss-reactive ketones (excluding diaryl/α,β-unsaturated/α-hetero) is 1. The molecule has 74 valence electrons.